The quantitative estimate of drug-likeness (QED) is 0.295. The highest BCUT2D eigenvalue weighted by Crippen LogP contribution is 2.42. The number of nitrogens with zero attached hydrogens (tertiary/aromatic N) is 2. The number of benzene rings is 3. The minimum Gasteiger partial charge on any atom is -0.319 e. The van der Waals surface area contributed by atoms with Crippen LogP contribution in [0, 0.1) is 11.6 Å². The molecule has 0 atom stereocenters. The van der Waals surface area contributed by atoms with Gasteiger partial charge in [-0.1, -0.05) is 36.4 Å². The number of imidazole rings is 1. The maximum Gasteiger partial charge on any atom is 0.416 e. The fourth-order valence-corrected chi connectivity index (χ4v) is 3.71. The largest absolute Gasteiger partial charge is 0.416 e. The molecule has 152 valence electrons. The predicted octanol–water partition coefficient (Wildman–Crippen LogP) is 6.02. The van der Waals surface area contributed by atoms with E-state index < -0.39 is 28.9 Å². The van der Waals surface area contributed by atoms with Gasteiger partial charge in [0, 0.05) is 12.4 Å². The van der Waals surface area contributed by atoms with Crippen molar-refractivity contribution in [2.24, 2.45) is 0 Å². The minimum atomic E-state index is -4.55. The summed E-state index contributed by atoms with van der Waals surface area (Å²) in [5.74, 6) is -0.970. The van der Waals surface area contributed by atoms with Crippen LogP contribution in [0.1, 0.15) is 22.3 Å². The van der Waals surface area contributed by atoms with Gasteiger partial charge in [0.05, 0.1) is 11.9 Å². The van der Waals surface area contributed by atoms with E-state index in [-0.39, 0.29) is 5.56 Å². The summed E-state index contributed by atoms with van der Waals surface area (Å²) in [5, 5.41) is 0. The smallest absolute Gasteiger partial charge is 0.319 e. The second kappa shape index (κ2) is 7.40. The fourth-order valence-electron chi connectivity index (χ4n) is 3.71. The van der Waals surface area contributed by atoms with Crippen LogP contribution in [-0.2, 0) is 11.7 Å². The molecule has 0 amide bonds. The molecule has 0 fully saturated rings. The van der Waals surface area contributed by atoms with Crippen LogP contribution in [0.25, 0.3) is 0 Å². The fraction of sp³-hybridized carbons (Fsp3) is 0.0870. The van der Waals surface area contributed by atoms with Crippen molar-refractivity contribution in [1.29, 1.82) is 0 Å². The van der Waals surface area contributed by atoms with Gasteiger partial charge in [0.25, 0.3) is 0 Å². The van der Waals surface area contributed by atoms with Gasteiger partial charge in [-0.25, -0.2) is 13.8 Å². The zero-order valence-corrected chi connectivity index (χ0v) is 15.4. The van der Waals surface area contributed by atoms with E-state index in [1.807, 2.05) is 0 Å². The second-order valence-electron chi connectivity index (χ2n) is 6.77. The Morgan fingerprint density at radius 1 is 0.667 bits per heavy atom. The van der Waals surface area contributed by atoms with E-state index >= 15 is 0 Å². The molecule has 7 heteroatoms. The van der Waals surface area contributed by atoms with Crippen molar-refractivity contribution >= 4 is 0 Å². The van der Waals surface area contributed by atoms with Gasteiger partial charge >= 0.3 is 6.18 Å². The van der Waals surface area contributed by atoms with Crippen molar-refractivity contribution in [1.82, 2.24) is 9.55 Å². The van der Waals surface area contributed by atoms with Gasteiger partial charge in [-0.3, -0.25) is 0 Å². The van der Waals surface area contributed by atoms with Gasteiger partial charge in [-0.2, -0.15) is 13.2 Å². The SMILES string of the molecule is Fc1ccc(C(c2ccc(F)cc2)(c2cccc(C(F)(F)F)c2)n2ccnc2)cc1. The topological polar surface area (TPSA) is 17.8 Å². The first-order chi connectivity index (χ1) is 14.3. The summed E-state index contributed by atoms with van der Waals surface area (Å²) < 4.78 is 69.5. The molecule has 4 rings (SSSR count). The van der Waals surface area contributed by atoms with Crippen LogP contribution in [0.15, 0.2) is 91.5 Å². The van der Waals surface area contributed by atoms with Gasteiger partial charge < -0.3 is 4.57 Å². The highest BCUT2D eigenvalue weighted by Gasteiger charge is 2.40. The van der Waals surface area contributed by atoms with Crippen LogP contribution in [0.3, 0.4) is 0 Å². The normalized spacial score (nSPS) is 12.2. The third-order valence-electron chi connectivity index (χ3n) is 5.02. The Bertz CT molecular complexity index is 1090. The molecule has 0 saturated heterocycles. The molecule has 2 nitrogen and oxygen atoms in total. The van der Waals surface area contributed by atoms with E-state index in [0.717, 1.165) is 12.1 Å². The summed E-state index contributed by atoms with van der Waals surface area (Å²) >= 11 is 0. The molecule has 0 aliphatic heterocycles. The number of alkyl halides is 3. The summed E-state index contributed by atoms with van der Waals surface area (Å²) in [7, 11) is 0. The number of rotatable bonds is 4. The molecule has 0 radical (unpaired) electrons. The summed E-state index contributed by atoms with van der Waals surface area (Å²) in [5.41, 5.74) is -0.901. The van der Waals surface area contributed by atoms with Crippen molar-refractivity contribution < 1.29 is 22.0 Å². The monoisotopic (exact) mass is 414 g/mol. The van der Waals surface area contributed by atoms with Crippen LogP contribution in [0.4, 0.5) is 22.0 Å². The molecule has 1 aromatic heterocycles. The summed E-state index contributed by atoms with van der Waals surface area (Å²) in [4.78, 5) is 4.06. The number of hydrogen-bond acceptors (Lipinski definition) is 1. The van der Waals surface area contributed by atoms with Gasteiger partial charge in [0.1, 0.15) is 17.2 Å². The Hall–Kier alpha value is -3.48. The Morgan fingerprint density at radius 2 is 1.20 bits per heavy atom. The van der Waals surface area contributed by atoms with Crippen molar-refractivity contribution in [3.05, 3.63) is 125 Å². The van der Waals surface area contributed by atoms with E-state index in [0.29, 0.717) is 11.1 Å². The first-order valence-electron chi connectivity index (χ1n) is 9.00. The van der Waals surface area contributed by atoms with E-state index in [4.69, 9.17) is 0 Å². The molecule has 0 bridgehead atoms. The highest BCUT2D eigenvalue weighted by molar-refractivity contribution is 5.51. The Balaban J connectivity index is 2.11. The maximum atomic E-state index is 13.7. The molecule has 1 heterocycles. The van der Waals surface area contributed by atoms with E-state index in [1.54, 1.807) is 16.8 Å². The average Bonchev–Trinajstić information content (AvgIpc) is 3.26. The molecule has 0 unspecified atom stereocenters. The molecule has 4 aromatic rings. The molecular weight excluding hydrogens is 399 g/mol. The van der Waals surface area contributed by atoms with Crippen molar-refractivity contribution in [2.75, 3.05) is 0 Å². The van der Waals surface area contributed by atoms with Crippen molar-refractivity contribution in [3.8, 4) is 0 Å². The lowest BCUT2D eigenvalue weighted by Gasteiger charge is -2.37. The standard InChI is InChI=1S/C23H15F5N2/c24-20-8-4-16(5-9-20)22(30-13-12-29-15-30,17-6-10-21(25)11-7-17)18-2-1-3-19(14-18)23(26,27)28/h1-15H. The summed E-state index contributed by atoms with van der Waals surface area (Å²) in [6.07, 6.45) is 0.0115. The van der Waals surface area contributed by atoms with Crippen molar-refractivity contribution in [2.45, 2.75) is 11.7 Å². The van der Waals surface area contributed by atoms with Gasteiger partial charge in [0.15, 0.2) is 0 Å². The highest BCUT2D eigenvalue weighted by atomic mass is 19.4. The van der Waals surface area contributed by atoms with E-state index in [2.05, 4.69) is 4.98 Å². The molecule has 0 spiro atoms. The molecule has 3 aromatic carbocycles. The first kappa shape index (κ1) is 19.8. The van der Waals surface area contributed by atoms with E-state index in [1.165, 1.54) is 67.1 Å². The summed E-state index contributed by atoms with van der Waals surface area (Å²) in [6.45, 7) is 0. The number of halogens is 5. The zero-order chi connectivity index (χ0) is 21.4. The minimum absolute atomic E-state index is 0.272. The van der Waals surface area contributed by atoms with Gasteiger partial charge in [-0.05, 0) is 53.1 Å². The molecule has 0 aliphatic carbocycles. The lowest BCUT2D eigenvalue weighted by atomic mass is 9.76. The van der Waals surface area contributed by atoms with Crippen LogP contribution in [0.5, 0.6) is 0 Å². The average molecular weight is 414 g/mol. The second-order valence-corrected chi connectivity index (χ2v) is 6.77. The zero-order valence-electron chi connectivity index (χ0n) is 15.4. The van der Waals surface area contributed by atoms with Crippen LogP contribution in [0.2, 0.25) is 0 Å². The lowest BCUT2D eigenvalue weighted by molar-refractivity contribution is -0.137. The van der Waals surface area contributed by atoms with Crippen LogP contribution >= 0.6 is 0 Å². The lowest BCUT2D eigenvalue weighted by Crippen LogP contribution is -2.37. The maximum absolute atomic E-state index is 13.7. The summed E-state index contributed by atoms with van der Waals surface area (Å²) in [6, 6.07) is 15.8. The molecule has 0 N–H and O–H groups in total. The number of hydrogen-bond donors (Lipinski definition) is 0. The Morgan fingerprint density at radius 3 is 1.67 bits per heavy atom. The van der Waals surface area contributed by atoms with Gasteiger partial charge in [0.2, 0.25) is 0 Å². The van der Waals surface area contributed by atoms with E-state index in [9.17, 15) is 22.0 Å². The van der Waals surface area contributed by atoms with Crippen molar-refractivity contribution in [3.63, 3.8) is 0 Å². The van der Waals surface area contributed by atoms with Gasteiger partial charge in [-0.15, -0.1) is 0 Å². The molecule has 30 heavy (non-hydrogen) atoms. The first-order valence-corrected chi connectivity index (χ1v) is 9.00. The van der Waals surface area contributed by atoms with Crippen LogP contribution < -0.4 is 0 Å². The third kappa shape index (κ3) is 3.36. The molecule has 0 aliphatic rings. The predicted molar refractivity (Wildman–Crippen MR) is 102 cm³/mol. The third-order valence-corrected chi connectivity index (χ3v) is 5.02. The Labute approximate surface area is 169 Å². The number of aromatic nitrogens is 2. The molecular formula is C23H15F5N2. The van der Waals surface area contributed by atoms with Crippen LogP contribution in [-0.4, -0.2) is 9.55 Å². The molecule has 0 saturated carbocycles. The Kier molecular flexibility index (Phi) is 4.89.